The standard InChI is InChI=1S/C12H21N3O3/c1-8-3-6-18-10(8)12(17)15-5-4-14-7-9(15)11(16)13-2/h8-10,14H,3-7H2,1-2H3,(H,13,16). The van der Waals surface area contributed by atoms with Gasteiger partial charge in [0.1, 0.15) is 12.1 Å². The molecule has 0 saturated carbocycles. The van der Waals surface area contributed by atoms with Gasteiger partial charge >= 0.3 is 0 Å². The summed E-state index contributed by atoms with van der Waals surface area (Å²) in [6.07, 6.45) is 0.530. The van der Waals surface area contributed by atoms with E-state index in [1.165, 1.54) is 0 Å². The first-order valence-corrected chi connectivity index (χ1v) is 6.49. The second kappa shape index (κ2) is 5.67. The van der Waals surface area contributed by atoms with Crippen LogP contribution in [0.2, 0.25) is 0 Å². The molecule has 2 aliphatic heterocycles. The Kier molecular flexibility index (Phi) is 4.19. The Hall–Kier alpha value is -1.14. The van der Waals surface area contributed by atoms with Crippen molar-refractivity contribution < 1.29 is 14.3 Å². The molecule has 3 unspecified atom stereocenters. The normalized spacial score (nSPS) is 32.3. The molecule has 0 radical (unpaired) electrons. The molecule has 0 aliphatic carbocycles. The van der Waals surface area contributed by atoms with Crippen LogP contribution in [-0.2, 0) is 14.3 Å². The van der Waals surface area contributed by atoms with Gasteiger partial charge < -0.3 is 20.3 Å². The Morgan fingerprint density at radius 3 is 2.83 bits per heavy atom. The number of carbonyl (C=O) groups excluding carboxylic acids is 2. The number of piperazine rings is 1. The van der Waals surface area contributed by atoms with E-state index in [1.54, 1.807) is 11.9 Å². The van der Waals surface area contributed by atoms with Gasteiger partial charge in [-0.1, -0.05) is 6.92 Å². The Morgan fingerprint density at radius 1 is 1.44 bits per heavy atom. The molecule has 2 rings (SSSR count). The number of carbonyl (C=O) groups is 2. The second-order valence-corrected chi connectivity index (χ2v) is 4.92. The molecule has 0 bridgehead atoms. The largest absolute Gasteiger partial charge is 0.368 e. The Morgan fingerprint density at radius 2 is 2.22 bits per heavy atom. The van der Waals surface area contributed by atoms with E-state index >= 15 is 0 Å². The number of amides is 2. The lowest BCUT2D eigenvalue weighted by Crippen LogP contribution is -2.61. The molecule has 6 nitrogen and oxygen atoms in total. The van der Waals surface area contributed by atoms with Crippen LogP contribution in [0.15, 0.2) is 0 Å². The molecule has 18 heavy (non-hydrogen) atoms. The van der Waals surface area contributed by atoms with Crippen LogP contribution in [0.4, 0.5) is 0 Å². The highest BCUT2D eigenvalue weighted by Gasteiger charge is 2.39. The number of nitrogens with one attached hydrogen (secondary N) is 2. The predicted molar refractivity (Wildman–Crippen MR) is 66.0 cm³/mol. The zero-order chi connectivity index (χ0) is 13.1. The number of ether oxygens (including phenoxy) is 1. The maximum Gasteiger partial charge on any atom is 0.252 e. The minimum absolute atomic E-state index is 0.0462. The van der Waals surface area contributed by atoms with Crippen LogP contribution < -0.4 is 10.6 Å². The van der Waals surface area contributed by atoms with Gasteiger partial charge in [0.2, 0.25) is 5.91 Å². The highest BCUT2D eigenvalue weighted by molar-refractivity contribution is 5.90. The van der Waals surface area contributed by atoms with Crippen LogP contribution in [-0.4, -0.2) is 62.1 Å². The fraction of sp³-hybridized carbons (Fsp3) is 0.833. The summed E-state index contributed by atoms with van der Waals surface area (Å²) in [5, 5.41) is 5.75. The molecule has 6 heteroatoms. The van der Waals surface area contributed by atoms with E-state index in [-0.39, 0.29) is 23.8 Å². The smallest absolute Gasteiger partial charge is 0.252 e. The highest BCUT2D eigenvalue weighted by Crippen LogP contribution is 2.23. The molecule has 2 fully saturated rings. The van der Waals surface area contributed by atoms with Gasteiger partial charge in [0.05, 0.1) is 0 Å². The summed E-state index contributed by atoms with van der Waals surface area (Å²) in [6, 6.07) is -0.423. The average Bonchev–Trinajstić information content (AvgIpc) is 2.83. The fourth-order valence-corrected chi connectivity index (χ4v) is 2.54. The van der Waals surface area contributed by atoms with E-state index in [1.807, 2.05) is 6.92 Å². The Bertz CT molecular complexity index is 335. The summed E-state index contributed by atoms with van der Waals surface area (Å²) in [6.45, 7) is 4.44. The predicted octanol–water partition coefficient (Wildman–Crippen LogP) is -1.04. The molecule has 102 valence electrons. The number of likely N-dealkylation sites (N-methyl/N-ethyl adjacent to an activating group) is 1. The minimum Gasteiger partial charge on any atom is -0.368 e. The van der Waals surface area contributed by atoms with Crippen molar-refractivity contribution in [1.82, 2.24) is 15.5 Å². The van der Waals surface area contributed by atoms with E-state index in [2.05, 4.69) is 10.6 Å². The number of nitrogens with zero attached hydrogens (tertiary/aromatic N) is 1. The van der Waals surface area contributed by atoms with Crippen LogP contribution in [0.3, 0.4) is 0 Å². The zero-order valence-electron chi connectivity index (χ0n) is 10.9. The lowest BCUT2D eigenvalue weighted by molar-refractivity contribution is -0.150. The second-order valence-electron chi connectivity index (χ2n) is 4.92. The van der Waals surface area contributed by atoms with Crippen molar-refractivity contribution in [3.63, 3.8) is 0 Å². The lowest BCUT2D eigenvalue weighted by atomic mass is 10.0. The molecule has 2 heterocycles. The first-order valence-electron chi connectivity index (χ1n) is 6.49. The van der Waals surface area contributed by atoms with E-state index in [0.717, 1.165) is 13.0 Å². The SMILES string of the molecule is CNC(=O)C1CNCCN1C(=O)C1OCCC1C. The van der Waals surface area contributed by atoms with Crippen molar-refractivity contribution in [3.8, 4) is 0 Å². The molecule has 2 saturated heterocycles. The average molecular weight is 255 g/mol. The maximum absolute atomic E-state index is 12.4. The molecule has 3 atom stereocenters. The van der Waals surface area contributed by atoms with Gasteiger partial charge in [-0.2, -0.15) is 0 Å². The number of hydrogen-bond acceptors (Lipinski definition) is 4. The van der Waals surface area contributed by atoms with Crippen molar-refractivity contribution in [2.45, 2.75) is 25.5 Å². The summed E-state index contributed by atoms with van der Waals surface area (Å²) >= 11 is 0. The highest BCUT2D eigenvalue weighted by atomic mass is 16.5. The van der Waals surface area contributed by atoms with Crippen molar-refractivity contribution in [3.05, 3.63) is 0 Å². The number of rotatable bonds is 2. The van der Waals surface area contributed by atoms with Gasteiger partial charge in [0.25, 0.3) is 5.91 Å². The zero-order valence-corrected chi connectivity index (χ0v) is 10.9. The molecule has 0 spiro atoms. The molecule has 2 aliphatic rings. The van der Waals surface area contributed by atoms with E-state index < -0.39 is 6.04 Å². The summed E-state index contributed by atoms with van der Waals surface area (Å²) in [5.41, 5.74) is 0. The van der Waals surface area contributed by atoms with Crippen LogP contribution in [0.25, 0.3) is 0 Å². The van der Waals surface area contributed by atoms with Crippen molar-refractivity contribution >= 4 is 11.8 Å². The van der Waals surface area contributed by atoms with E-state index in [4.69, 9.17) is 4.74 Å². The monoisotopic (exact) mass is 255 g/mol. The molecule has 2 N–H and O–H groups in total. The Labute approximate surface area is 107 Å². The maximum atomic E-state index is 12.4. The first kappa shape index (κ1) is 13.3. The quantitative estimate of drug-likeness (QED) is 0.661. The lowest BCUT2D eigenvalue weighted by Gasteiger charge is -2.36. The van der Waals surface area contributed by atoms with Crippen LogP contribution in [0.5, 0.6) is 0 Å². The summed E-state index contributed by atoms with van der Waals surface area (Å²) in [7, 11) is 1.59. The van der Waals surface area contributed by atoms with Gasteiger partial charge in [0.15, 0.2) is 0 Å². The first-order chi connectivity index (χ1) is 8.65. The van der Waals surface area contributed by atoms with Crippen molar-refractivity contribution in [1.29, 1.82) is 0 Å². The molecule has 2 amide bonds. The molecule has 0 aromatic rings. The van der Waals surface area contributed by atoms with Gasteiger partial charge in [-0.05, 0) is 12.3 Å². The minimum atomic E-state index is -0.423. The molecular weight excluding hydrogens is 234 g/mol. The topological polar surface area (TPSA) is 70.7 Å². The third-order valence-corrected chi connectivity index (χ3v) is 3.71. The third-order valence-electron chi connectivity index (χ3n) is 3.71. The fourth-order valence-electron chi connectivity index (χ4n) is 2.54. The van der Waals surface area contributed by atoms with Crippen LogP contribution in [0, 0.1) is 5.92 Å². The van der Waals surface area contributed by atoms with Gasteiger partial charge in [-0.25, -0.2) is 0 Å². The summed E-state index contributed by atoms with van der Waals surface area (Å²) < 4.78 is 5.50. The van der Waals surface area contributed by atoms with Gasteiger partial charge in [-0.3, -0.25) is 9.59 Å². The van der Waals surface area contributed by atoms with Crippen molar-refractivity contribution in [2.75, 3.05) is 33.3 Å². The molecule has 0 aromatic carbocycles. The van der Waals surface area contributed by atoms with Crippen LogP contribution in [0.1, 0.15) is 13.3 Å². The summed E-state index contributed by atoms with van der Waals surface area (Å²) in [4.78, 5) is 25.9. The van der Waals surface area contributed by atoms with Crippen LogP contribution >= 0.6 is 0 Å². The summed E-state index contributed by atoms with van der Waals surface area (Å²) in [5.74, 6) is 0.0639. The molecule has 0 aromatic heterocycles. The number of hydrogen-bond donors (Lipinski definition) is 2. The Balaban J connectivity index is 2.08. The van der Waals surface area contributed by atoms with E-state index in [9.17, 15) is 9.59 Å². The van der Waals surface area contributed by atoms with Gasteiger partial charge in [0, 0.05) is 33.3 Å². The third kappa shape index (κ3) is 2.49. The molecular formula is C12H21N3O3. The van der Waals surface area contributed by atoms with Gasteiger partial charge in [-0.15, -0.1) is 0 Å². The van der Waals surface area contributed by atoms with E-state index in [0.29, 0.717) is 19.7 Å². The van der Waals surface area contributed by atoms with Crippen molar-refractivity contribution in [2.24, 2.45) is 5.92 Å².